The Bertz CT molecular complexity index is 223. The molecule has 0 aromatic carbocycles. The summed E-state index contributed by atoms with van der Waals surface area (Å²) in [6, 6.07) is 0. The summed E-state index contributed by atoms with van der Waals surface area (Å²) in [6.07, 6.45) is -3.70. The molecular formula is C10H20O6S. The number of thioether (sulfide) groups is 1. The van der Waals surface area contributed by atoms with Crippen LogP contribution < -0.4 is 0 Å². The van der Waals surface area contributed by atoms with Gasteiger partial charge in [-0.3, -0.25) is 4.79 Å². The first-order valence-electron chi connectivity index (χ1n) is 5.21. The van der Waals surface area contributed by atoms with E-state index in [-0.39, 0.29) is 10.9 Å². The van der Waals surface area contributed by atoms with E-state index in [1.807, 2.05) is 0 Å². The van der Waals surface area contributed by atoms with Gasteiger partial charge in [0.15, 0.2) is 11.4 Å². The summed E-state index contributed by atoms with van der Waals surface area (Å²) in [5.74, 6) is 0.255. The fraction of sp³-hybridized carbons (Fsp3) is 0.900. The maximum absolute atomic E-state index is 10.8. The van der Waals surface area contributed by atoms with Crippen LogP contribution in [0.25, 0.3) is 0 Å². The van der Waals surface area contributed by atoms with Gasteiger partial charge in [-0.05, 0) is 6.92 Å². The highest BCUT2D eigenvalue weighted by Gasteiger charge is 2.26. The van der Waals surface area contributed by atoms with Gasteiger partial charge in [0.05, 0.1) is 18.8 Å². The molecule has 0 aliphatic heterocycles. The Morgan fingerprint density at radius 2 is 2.00 bits per heavy atom. The van der Waals surface area contributed by atoms with E-state index < -0.39 is 31.2 Å². The SMILES string of the molecule is COC(OC(CSC(C)=O)[C@@H](C)O)[C@@H](O)CO. The first kappa shape index (κ1) is 16.8. The Balaban J connectivity index is 4.34. The third kappa shape index (κ3) is 6.97. The minimum atomic E-state index is -1.19. The summed E-state index contributed by atoms with van der Waals surface area (Å²) in [5, 5.41) is 27.5. The molecule has 0 aromatic heterocycles. The lowest BCUT2D eigenvalue weighted by Crippen LogP contribution is -2.41. The van der Waals surface area contributed by atoms with Crippen LogP contribution in [-0.2, 0) is 14.3 Å². The summed E-state index contributed by atoms with van der Waals surface area (Å²) in [4.78, 5) is 10.8. The lowest BCUT2D eigenvalue weighted by atomic mass is 10.2. The van der Waals surface area contributed by atoms with Gasteiger partial charge in [0, 0.05) is 19.8 Å². The van der Waals surface area contributed by atoms with Crippen molar-refractivity contribution in [3.63, 3.8) is 0 Å². The molecule has 0 aromatic rings. The van der Waals surface area contributed by atoms with E-state index >= 15 is 0 Å². The number of hydrogen-bond acceptors (Lipinski definition) is 7. The molecule has 4 atom stereocenters. The number of aliphatic hydroxyl groups excluding tert-OH is 3. The van der Waals surface area contributed by atoms with Crippen molar-refractivity contribution in [3.05, 3.63) is 0 Å². The summed E-state index contributed by atoms with van der Waals surface area (Å²) < 4.78 is 10.2. The van der Waals surface area contributed by atoms with Crippen molar-refractivity contribution in [2.24, 2.45) is 0 Å². The second kappa shape index (κ2) is 8.84. The predicted octanol–water partition coefficient (Wildman–Crippen LogP) is -0.642. The molecule has 17 heavy (non-hydrogen) atoms. The van der Waals surface area contributed by atoms with Gasteiger partial charge in [0.1, 0.15) is 6.10 Å². The normalized spacial score (nSPS) is 18.5. The first-order chi connectivity index (χ1) is 7.92. The van der Waals surface area contributed by atoms with E-state index in [1.54, 1.807) is 0 Å². The van der Waals surface area contributed by atoms with Crippen LogP contribution in [0.4, 0.5) is 0 Å². The zero-order chi connectivity index (χ0) is 13.4. The minimum absolute atomic E-state index is 0.0871. The van der Waals surface area contributed by atoms with Crippen LogP contribution in [0.5, 0.6) is 0 Å². The zero-order valence-electron chi connectivity index (χ0n) is 10.2. The molecule has 0 spiro atoms. The van der Waals surface area contributed by atoms with Crippen LogP contribution in [0.15, 0.2) is 0 Å². The van der Waals surface area contributed by atoms with Gasteiger partial charge < -0.3 is 24.8 Å². The molecule has 0 heterocycles. The summed E-state index contributed by atoms with van der Waals surface area (Å²) >= 11 is 1.02. The smallest absolute Gasteiger partial charge is 0.185 e. The standard InChI is InChI=1S/C10H20O6S/c1-6(12)9(5-17-7(2)13)16-10(15-3)8(14)4-11/h6,8-12,14H,4-5H2,1-3H3/t6-,8+,9?,10?/m1/s1. The number of hydrogen-bond donors (Lipinski definition) is 3. The van der Waals surface area contributed by atoms with E-state index in [0.29, 0.717) is 0 Å². The van der Waals surface area contributed by atoms with E-state index in [1.165, 1.54) is 21.0 Å². The molecule has 7 heteroatoms. The van der Waals surface area contributed by atoms with Crippen LogP contribution >= 0.6 is 11.8 Å². The van der Waals surface area contributed by atoms with Crippen molar-refractivity contribution in [1.29, 1.82) is 0 Å². The topological polar surface area (TPSA) is 96.2 Å². The Morgan fingerprint density at radius 1 is 1.41 bits per heavy atom. The second-order valence-corrected chi connectivity index (χ2v) is 4.77. The van der Waals surface area contributed by atoms with Crippen LogP contribution in [0.1, 0.15) is 13.8 Å². The van der Waals surface area contributed by atoms with Crippen molar-refractivity contribution in [3.8, 4) is 0 Å². The predicted molar refractivity (Wildman–Crippen MR) is 63.6 cm³/mol. The molecular weight excluding hydrogens is 248 g/mol. The molecule has 0 saturated carbocycles. The van der Waals surface area contributed by atoms with Gasteiger partial charge in [-0.15, -0.1) is 0 Å². The van der Waals surface area contributed by atoms with Gasteiger partial charge in [-0.2, -0.15) is 0 Å². The quantitative estimate of drug-likeness (QED) is 0.504. The monoisotopic (exact) mass is 268 g/mol. The molecule has 0 radical (unpaired) electrons. The maximum atomic E-state index is 10.8. The van der Waals surface area contributed by atoms with Gasteiger partial charge in [-0.1, -0.05) is 11.8 Å². The lowest BCUT2D eigenvalue weighted by molar-refractivity contribution is -0.219. The van der Waals surface area contributed by atoms with E-state index in [2.05, 4.69) is 0 Å². The second-order valence-electron chi connectivity index (χ2n) is 3.57. The molecule has 0 amide bonds. The van der Waals surface area contributed by atoms with Crippen molar-refractivity contribution >= 4 is 16.9 Å². The van der Waals surface area contributed by atoms with Gasteiger partial charge in [0.25, 0.3) is 0 Å². The molecule has 0 bridgehead atoms. The molecule has 0 saturated heterocycles. The summed E-state index contributed by atoms with van der Waals surface area (Å²) in [6.45, 7) is 2.43. The molecule has 0 fully saturated rings. The number of ether oxygens (including phenoxy) is 2. The third-order valence-electron chi connectivity index (χ3n) is 2.03. The van der Waals surface area contributed by atoms with Crippen molar-refractivity contribution in [2.75, 3.05) is 19.5 Å². The van der Waals surface area contributed by atoms with Gasteiger partial charge in [0.2, 0.25) is 0 Å². The fourth-order valence-corrected chi connectivity index (χ4v) is 1.81. The van der Waals surface area contributed by atoms with Crippen LogP contribution in [0, 0.1) is 0 Å². The average molecular weight is 268 g/mol. The molecule has 3 N–H and O–H groups in total. The molecule has 102 valence electrons. The Kier molecular flexibility index (Phi) is 8.75. The number of methoxy groups -OCH3 is 1. The van der Waals surface area contributed by atoms with Crippen LogP contribution in [-0.4, -0.2) is 64.5 Å². The molecule has 6 nitrogen and oxygen atoms in total. The zero-order valence-corrected chi connectivity index (χ0v) is 11.0. The number of rotatable bonds is 8. The first-order valence-corrected chi connectivity index (χ1v) is 6.19. The van der Waals surface area contributed by atoms with Crippen LogP contribution in [0.2, 0.25) is 0 Å². The lowest BCUT2D eigenvalue weighted by Gasteiger charge is -2.27. The molecule has 0 aliphatic rings. The number of aliphatic hydroxyl groups is 3. The Hall–Kier alpha value is -0.180. The number of carbonyl (C=O) groups excluding carboxylic acids is 1. The van der Waals surface area contributed by atoms with E-state index in [9.17, 15) is 15.0 Å². The van der Waals surface area contributed by atoms with Crippen molar-refractivity contribution < 1.29 is 29.6 Å². The van der Waals surface area contributed by atoms with Crippen LogP contribution in [0.3, 0.4) is 0 Å². The minimum Gasteiger partial charge on any atom is -0.393 e. The highest BCUT2D eigenvalue weighted by molar-refractivity contribution is 8.13. The van der Waals surface area contributed by atoms with Gasteiger partial charge >= 0.3 is 0 Å². The van der Waals surface area contributed by atoms with E-state index in [4.69, 9.17) is 14.6 Å². The van der Waals surface area contributed by atoms with E-state index in [0.717, 1.165) is 11.8 Å². The van der Waals surface area contributed by atoms with Gasteiger partial charge in [-0.25, -0.2) is 0 Å². The highest BCUT2D eigenvalue weighted by Crippen LogP contribution is 2.14. The third-order valence-corrected chi connectivity index (χ3v) is 2.93. The maximum Gasteiger partial charge on any atom is 0.185 e. The molecule has 0 rings (SSSR count). The summed E-state index contributed by atoms with van der Waals surface area (Å²) in [5.41, 5.74) is 0. The molecule has 0 aliphatic carbocycles. The largest absolute Gasteiger partial charge is 0.393 e. The van der Waals surface area contributed by atoms with Crippen molar-refractivity contribution in [2.45, 2.75) is 38.4 Å². The summed E-state index contributed by atoms with van der Waals surface area (Å²) in [7, 11) is 1.32. The average Bonchev–Trinajstić information content (AvgIpc) is 2.27. The molecule has 2 unspecified atom stereocenters. The Morgan fingerprint density at radius 3 is 2.35 bits per heavy atom. The number of carbonyl (C=O) groups is 1. The Labute approximate surface area is 105 Å². The highest BCUT2D eigenvalue weighted by atomic mass is 32.2. The fourth-order valence-electron chi connectivity index (χ4n) is 1.05. The van der Waals surface area contributed by atoms with Crippen molar-refractivity contribution in [1.82, 2.24) is 0 Å².